The van der Waals surface area contributed by atoms with Crippen molar-refractivity contribution < 1.29 is 13.2 Å². The molecule has 104 valence electrons. The van der Waals surface area contributed by atoms with Gasteiger partial charge in [-0.1, -0.05) is 0 Å². The van der Waals surface area contributed by atoms with Crippen molar-refractivity contribution in [1.29, 1.82) is 0 Å². The molecule has 0 bridgehead atoms. The van der Waals surface area contributed by atoms with Crippen LogP contribution in [0.2, 0.25) is 0 Å². The SMILES string of the molecule is FC(F)(F)C1=NC2NC(N3CCNCC3)=CC=C2N1. The van der Waals surface area contributed by atoms with E-state index in [-0.39, 0.29) is 0 Å². The molecule has 0 amide bonds. The van der Waals surface area contributed by atoms with E-state index in [1.807, 2.05) is 0 Å². The van der Waals surface area contributed by atoms with Gasteiger partial charge in [0.25, 0.3) is 0 Å². The number of hydrogen-bond acceptors (Lipinski definition) is 5. The molecule has 0 aromatic carbocycles. The predicted molar refractivity (Wildman–Crippen MR) is 64.2 cm³/mol. The third-order valence-electron chi connectivity index (χ3n) is 3.25. The van der Waals surface area contributed by atoms with E-state index in [4.69, 9.17) is 0 Å². The fraction of sp³-hybridized carbons (Fsp3) is 0.545. The Morgan fingerprint density at radius 1 is 1.21 bits per heavy atom. The van der Waals surface area contributed by atoms with Gasteiger partial charge in [-0.3, -0.25) is 0 Å². The van der Waals surface area contributed by atoms with Gasteiger partial charge in [0, 0.05) is 26.2 Å². The molecular weight excluding hydrogens is 259 g/mol. The van der Waals surface area contributed by atoms with Crippen LogP contribution >= 0.6 is 0 Å². The van der Waals surface area contributed by atoms with E-state index in [1.165, 1.54) is 0 Å². The van der Waals surface area contributed by atoms with Crippen LogP contribution in [0.15, 0.2) is 28.7 Å². The highest BCUT2D eigenvalue weighted by atomic mass is 19.4. The van der Waals surface area contributed by atoms with Crippen molar-refractivity contribution in [3.63, 3.8) is 0 Å². The first-order chi connectivity index (χ1) is 9.04. The molecule has 0 radical (unpaired) electrons. The van der Waals surface area contributed by atoms with E-state index in [0.29, 0.717) is 5.70 Å². The number of nitrogens with one attached hydrogen (secondary N) is 3. The third-order valence-corrected chi connectivity index (χ3v) is 3.25. The molecular formula is C11H14F3N5. The van der Waals surface area contributed by atoms with Crippen LogP contribution < -0.4 is 16.0 Å². The quantitative estimate of drug-likeness (QED) is 0.635. The van der Waals surface area contributed by atoms with E-state index < -0.39 is 18.2 Å². The molecule has 3 N–H and O–H groups in total. The van der Waals surface area contributed by atoms with Gasteiger partial charge in [0.05, 0.1) is 5.70 Å². The monoisotopic (exact) mass is 273 g/mol. The Labute approximate surface area is 108 Å². The topological polar surface area (TPSA) is 51.7 Å². The van der Waals surface area contributed by atoms with Crippen molar-refractivity contribution in [1.82, 2.24) is 20.9 Å². The number of hydrogen-bond donors (Lipinski definition) is 3. The van der Waals surface area contributed by atoms with Gasteiger partial charge in [-0.15, -0.1) is 0 Å². The summed E-state index contributed by atoms with van der Waals surface area (Å²) in [6, 6.07) is 0. The predicted octanol–water partition coefficient (Wildman–Crippen LogP) is 0.110. The van der Waals surface area contributed by atoms with Crippen molar-refractivity contribution in [3.05, 3.63) is 23.7 Å². The number of aliphatic imine (C=N–C) groups is 1. The maximum atomic E-state index is 12.6. The van der Waals surface area contributed by atoms with Gasteiger partial charge in [0.2, 0.25) is 5.84 Å². The summed E-state index contributed by atoms with van der Waals surface area (Å²) in [7, 11) is 0. The summed E-state index contributed by atoms with van der Waals surface area (Å²) in [4.78, 5) is 5.75. The summed E-state index contributed by atoms with van der Waals surface area (Å²) in [5.74, 6) is -0.115. The summed E-state index contributed by atoms with van der Waals surface area (Å²) < 4.78 is 37.7. The minimum atomic E-state index is -4.44. The molecule has 0 aromatic heterocycles. The number of dihydropyridines is 1. The lowest BCUT2D eigenvalue weighted by Gasteiger charge is -2.34. The second kappa shape index (κ2) is 4.44. The number of allylic oxidation sites excluding steroid dienone is 2. The molecule has 0 aromatic rings. The van der Waals surface area contributed by atoms with Crippen molar-refractivity contribution in [3.8, 4) is 0 Å². The molecule has 8 heteroatoms. The molecule has 0 aliphatic carbocycles. The van der Waals surface area contributed by atoms with E-state index >= 15 is 0 Å². The zero-order valence-corrected chi connectivity index (χ0v) is 10.1. The van der Waals surface area contributed by atoms with Crippen LogP contribution in [0.25, 0.3) is 0 Å². The molecule has 0 saturated carbocycles. The molecule has 3 aliphatic rings. The molecule has 3 aliphatic heterocycles. The number of amidine groups is 1. The Hall–Kier alpha value is -1.70. The second-order valence-electron chi connectivity index (χ2n) is 4.56. The smallest absolute Gasteiger partial charge is 0.356 e. The summed E-state index contributed by atoms with van der Waals surface area (Å²) in [6.45, 7) is 3.40. The number of piperazine rings is 1. The molecule has 3 heterocycles. The van der Waals surface area contributed by atoms with Gasteiger partial charge in [-0.25, -0.2) is 4.99 Å². The van der Waals surface area contributed by atoms with Gasteiger partial charge in [0.1, 0.15) is 5.82 Å². The maximum absolute atomic E-state index is 12.6. The maximum Gasteiger partial charge on any atom is 0.449 e. The van der Waals surface area contributed by atoms with Gasteiger partial charge in [-0.2, -0.15) is 13.2 Å². The summed E-state index contributed by atoms with van der Waals surface area (Å²) in [5, 5.41) is 8.56. The minimum absolute atomic E-state index is 0.436. The number of alkyl halides is 3. The van der Waals surface area contributed by atoms with Crippen LogP contribution in [-0.4, -0.2) is 49.3 Å². The van der Waals surface area contributed by atoms with Crippen molar-refractivity contribution in [2.24, 2.45) is 4.99 Å². The van der Waals surface area contributed by atoms with Crippen LogP contribution in [0.3, 0.4) is 0 Å². The van der Waals surface area contributed by atoms with Gasteiger partial charge < -0.3 is 20.9 Å². The van der Waals surface area contributed by atoms with Crippen LogP contribution in [0.5, 0.6) is 0 Å². The van der Waals surface area contributed by atoms with Gasteiger partial charge >= 0.3 is 6.18 Å². The van der Waals surface area contributed by atoms with Crippen LogP contribution in [-0.2, 0) is 0 Å². The zero-order valence-electron chi connectivity index (χ0n) is 10.1. The largest absolute Gasteiger partial charge is 0.449 e. The Morgan fingerprint density at radius 2 is 1.95 bits per heavy atom. The first-order valence-electron chi connectivity index (χ1n) is 6.10. The lowest BCUT2D eigenvalue weighted by atomic mass is 10.2. The first kappa shape index (κ1) is 12.3. The minimum Gasteiger partial charge on any atom is -0.356 e. The van der Waals surface area contributed by atoms with Crippen molar-refractivity contribution in [2.75, 3.05) is 26.2 Å². The molecule has 1 fully saturated rings. The molecule has 5 nitrogen and oxygen atoms in total. The Kier molecular flexibility index (Phi) is 2.89. The number of nitrogens with zero attached hydrogens (tertiary/aromatic N) is 2. The number of fused-ring (bicyclic) bond motifs is 1. The Balaban J connectivity index is 1.73. The molecule has 1 saturated heterocycles. The molecule has 1 unspecified atom stereocenters. The van der Waals surface area contributed by atoms with E-state index in [9.17, 15) is 13.2 Å². The normalized spacial score (nSPS) is 26.8. The van der Waals surface area contributed by atoms with E-state index in [2.05, 4.69) is 25.8 Å². The average molecular weight is 273 g/mol. The zero-order chi connectivity index (χ0) is 13.5. The fourth-order valence-electron chi connectivity index (χ4n) is 2.28. The van der Waals surface area contributed by atoms with Crippen LogP contribution in [0.4, 0.5) is 13.2 Å². The highest BCUT2D eigenvalue weighted by Gasteiger charge is 2.42. The molecule has 19 heavy (non-hydrogen) atoms. The number of halogens is 3. The summed E-state index contributed by atoms with van der Waals surface area (Å²) in [6.07, 6.45) is -1.65. The highest BCUT2D eigenvalue weighted by molar-refractivity contribution is 5.91. The molecule has 0 spiro atoms. The fourth-order valence-corrected chi connectivity index (χ4v) is 2.28. The van der Waals surface area contributed by atoms with E-state index in [0.717, 1.165) is 32.0 Å². The third kappa shape index (κ3) is 2.40. The van der Waals surface area contributed by atoms with Gasteiger partial charge in [-0.05, 0) is 12.2 Å². The van der Waals surface area contributed by atoms with Crippen LogP contribution in [0, 0.1) is 0 Å². The average Bonchev–Trinajstić information content (AvgIpc) is 2.82. The molecule has 3 rings (SSSR count). The molecule has 1 atom stereocenters. The first-order valence-corrected chi connectivity index (χ1v) is 6.10. The summed E-state index contributed by atoms with van der Waals surface area (Å²) >= 11 is 0. The second-order valence-corrected chi connectivity index (χ2v) is 4.56. The Bertz CT molecular complexity index is 459. The Morgan fingerprint density at radius 3 is 2.63 bits per heavy atom. The van der Waals surface area contributed by atoms with Crippen LogP contribution in [0.1, 0.15) is 0 Å². The van der Waals surface area contributed by atoms with E-state index in [1.54, 1.807) is 12.2 Å². The van der Waals surface area contributed by atoms with Crippen molar-refractivity contribution in [2.45, 2.75) is 12.3 Å². The standard InChI is InChI=1S/C11H14F3N5/c12-11(13,14)10-16-7-1-2-8(17-9(7)18-10)19-5-3-15-4-6-19/h1-2,9,15,17H,3-6H2,(H,16,18). The summed E-state index contributed by atoms with van der Waals surface area (Å²) in [5.41, 5.74) is 0.436. The lowest BCUT2D eigenvalue weighted by Crippen LogP contribution is -2.48. The number of rotatable bonds is 1. The highest BCUT2D eigenvalue weighted by Crippen LogP contribution is 2.25. The van der Waals surface area contributed by atoms with Crippen molar-refractivity contribution >= 4 is 5.84 Å². The lowest BCUT2D eigenvalue weighted by molar-refractivity contribution is -0.0609. The van der Waals surface area contributed by atoms with Gasteiger partial charge in [0.15, 0.2) is 6.17 Å².